The zero-order valence-electron chi connectivity index (χ0n) is 9.79. The Labute approximate surface area is 117 Å². The van der Waals surface area contributed by atoms with E-state index >= 15 is 0 Å². The van der Waals surface area contributed by atoms with E-state index in [4.69, 9.17) is 0 Å². The van der Waals surface area contributed by atoms with E-state index in [1.54, 1.807) is 18.2 Å². The monoisotopic (exact) mass is 325 g/mol. The third kappa shape index (κ3) is 3.61. The molecule has 0 unspecified atom stereocenters. The predicted molar refractivity (Wildman–Crippen MR) is 71.7 cm³/mol. The maximum absolute atomic E-state index is 13.5. The number of hydrogen-bond donors (Lipinski definition) is 1. The minimum atomic E-state index is -0.592. The van der Waals surface area contributed by atoms with Gasteiger partial charge in [0, 0.05) is 11.0 Å². The topological polar surface area (TPSA) is 29.1 Å². The summed E-state index contributed by atoms with van der Waals surface area (Å²) in [6, 6.07) is 9.96. The second-order valence-corrected chi connectivity index (χ2v) is 4.85. The van der Waals surface area contributed by atoms with Gasteiger partial charge in [0.2, 0.25) is 0 Å². The molecule has 2 aromatic rings. The SMILES string of the molecule is O=C(NCc1ccc(F)cc1)c1ccc(Br)cc1F. The van der Waals surface area contributed by atoms with Crippen molar-refractivity contribution in [1.29, 1.82) is 0 Å². The second-order valence-electron chi connectivity index (χ2n) is 3.93. The standard InChI is InChI=1S/C14H10BrF2NO/c15-10-3-6-12(13(17)7-10)14(19)18-8-9-1-4-11(16)5-2-9/h1-7H,8H2,(H,18,19). The average molecular weight is 326 g/mol. The van der Waals surface area contributed by atoms with Gasteiger partial charge >= 0.3 is 0 Å². The summed E-state index contributed by atoms with van der Waals surface area (Å²) in [5.74, 6) is -1.44. The van der Waals surface area contributed by atoms with Gasteiger partial charge in [-0.1, -0.05) is 28.1 Å². The van der Waals surface area contributed by atoms with Gasteiger partial charge in [-0.2, -0.15) is 0 Å². The van der Waals surface area contributed by atoms with Gasteiger partial charge in [0.05, 0.1) is 5.56 Å². The highest BCUT2D eigenvalue weighted by molar-refractivity contribution is 9.10. The lowest BCUT2D eigenvalue weighted by atomic mass is 10.2. The Hall–Kier alpha value is -1.75. The molecule has 5 heteroatoms. The van der Waals surface area contributed by atoms with E-state index in [1.165, 1.54) is 24.3 Å². The molecule has 2 aromatic carbocycles. The summed E-state index contributed by atoms with van der Waals surface area (Å²) >= 11 is 3.12. The first-order valence-electron chi connectivity index (χ1n) is 5.54. The highest BCUT2D eigenvalue weighted by Gasteiger charge is 2.11. The molecule has 1 amide bonds. The Morgan fingerprint density at radius 3 is 2.42 bits per heavy atom. The largest absolute Gasteiger partial charge is 0.348 e. The highest BCUT2D eigenvalue weighted by atomic mass is 79.9. The molecule has 1 N–H and O–H groups in total. The Kier molecular flexibility index (Phi) is 4.27. The Morgan fingerprint density at radius 2 is 1.79 bits per heavy atom. The van der Waals surface area contributed by atoms with Crippen LogP contribution in [0.2, 0.25) is 0 Å². The molecule has 2 nitrogen and oxygen atoms in total. The number of carbonyl (C=O) groups excluding carboxylic acids is 1. The third-order valence-electron chi connectivity index (χ3n) is 2.54. The minimum Gasteiger partial charge on any atom is -0.348 e. The molecule has 0 atom stereocenters. The van der Waals surface area contributed by atoms with Crippen LogP contribution in [0.4, 0.5) is 8.78 Å². The van der Waals surface area contributed by atoms with Crippen LogP contribution in [0.3, 0.4) is 0 Å². The first kappa shape index (κ1) is 13.7. The molecule has 0 aromatic heterocycles. The van der Waals surface area contributed by atoms with Gasteiger partial charge in [-0.25, -0.2) is 8.78 Å². The molecule has 19 heavy (non-hydrogen) atoms. The van der Waals surface area contributed by atoms with Gasteiger partial charge in [0.25, 0.3) is 5.91 Å². The summed E-state index contributed by atoms with van der Waals surface area (Å²) < 4.78 is 26.8. The van der Waals surface area contributed by atoms with Crippen LogP contribution in [-0.2, 0) is 6.54 Å². The van der Waals surface area contributed by atoms with E-state index in [1.807, 2.05) is 0 Å². The van der Waals surface area contributed by atoms with Crippen LogP contribution in [0.25, 0.3) is 0 Å². The number of benzene rings is 2. The molecule has 0 saturated heterocycles. The molecule has 0 heterocycles. The van der Waals surface area contributed by atoms with Crippen molar-refractivity contribution in [3.63, 3.8) is 0 Å². The molecule has 98 valence electrons. The minimum absolute atomic E-state index is 0.0229. The van der Waals surface area contributed by atoms with Crippen LogP contribution in [0.1, 0.15) is 15.9 Å². The molecule has 0 aliphatic rings. The van der Waals surface area contributed by atoms with E-state index in [2.05, 4.69) is 21.2 Å². The van der Waals surface area contributed by atoms with Crippen LogP contribution in [0.5, 0.6) is 0 Å². The van der Waals surface area contributed by atoms with Gasteiger partial charge < -0.3 is 5.32 Å². The maximum atomic E-state index is 13.5. The molecular weight excluding hydrogens is 316 g/mol. The average Bonchev–Trinajstić information content (AvgIpc) is 2.37. The zero-order valence-corrected chi connectivity index (χ0v) is 11.4. The molecule has 0 aliphatic heterocycles. The normalized spacial score (nSPS) is 10.3. The molecule has 2 rings (SSSR count). The first-order valence-corrected chi connectivity index (χ1v) is 6.33. The lowest BCUT2D eigenvalue weighted by Gasteiger charge is -2.06. The maximum Gasteiger partial charge on any atom is 0.254 e. The summed E-state index contributed by atoms with van der Waals surface area (Å²) in [4.78, 5) is 11.8. The third-order valence-corrected chi connectivity index (χ3v) is 3.04. The molecule has 0 radical (unpaired) electrons. The van der Waals surface area contributed by atoms with Crippen LogP contribution in [0.15, 0.2) is 46.9 Å². The van der Waals surface area contributed by atoms with Gasteiger partial charge in [-0.3, -0.25) is 4.79 Å². The van der Waals surface area contributed by atoms with Gasteiger partial charge in [0.15, 0.2) is 0 Å². The van der Waals surface area contributed by atoms with Crippen LogP contribution in [-0.4, -0.2) is 5.91 Å². The number of halogens is 3. The summed E-state index contributed by atoms with van der Waals surface area (Å²) in [5.41, 5.74) is 0.720. The van der Waals surface area contributed by atoms with Gasteiger partial charge in [-0.15, -0.1) is 0 Å². The second kappa shape index (κ2) is 5.93. The smallest absolute Gasteiger partial charge is 0.254 e. The van der Waals surface area contributed by atoms with Crippen molar-refractivity contribution in [2.45, 2.75) is 6.54 Å². The lowest BCUT2D eigenvalue weighted by molar-refractivity contribution is 0.0947. The number of carbonyl (C=O) groups is 1. The lowest BCUT2D eigenvalue weighted by Crippen LogP contribution is -2.23. The van der Waals surface area contributed by atoms with Gasteiger partial charge in [-0.05, 0) is 35.9 Å². The summed E-state index contributed by atoms with van der Waals surface area (Å²) in [6.45, 7) is 0.217. The molecular formula is C14H10BrF2NO. The predicted octanol–water partition coefficient (Wildman–Crippen LogP) is 3.66. The molecule has 0 fully saturated rings. The number of amides is 1. The Balaban J connectivity index is 2.03. The van der Waals surface area contributed by atoms with Crippen molar-refractivity contribution in [2.75, 3.05) is 0 Å². The molecule has 0 spiro atoms. The fourth-order valence-electron chi connectivity index (χ4n) is 1.55. The van der Waals surface area contributed by atoms with Gasteiger partial charge in [0.1, 0.15) is 11.6 Å². The first-order chi connectivity index (χ1) is 9.06. The summed E-state index contributed by atoms with van der Waals surface area (Å²) in [5, 5.41) is 2.58. The molecule has 0 bridgehead atoms. The summed E-state index contributed by atoms with van der Waals surface area (Å²) in [6.07, 6.45) is 0. The molecule has 0 aliphatic carbocycles. The van der Waals surface area contributed by atoms with Crippen molar-refractivity contribution >= 4 is 21.8 Å². The Morgan fingerprint density at radius 1 is 1.11 bits per heavy atom. The van der Waals surface area contributed by atoms with Crippen LogP contribution in [0, 0.1) is 11.6 Å². The highest BCUT2D eigenvalue weighted by Crippen LogP contribution is 2.15. The van der Waals surface area contributed by atoms with E-state index < -0.39 is 11.7 Å². The van der Waals surface area contributed by atoms with Crippen molar-refractivity contribution in [2.24, 2.45) is 0 Å². The quantitative estimate of drug-likeness (QED) is 0.916. The van der Waals surface area contributed by atoms with E-state index in [0.29, 0.717) is 4.47 Å². The fraction of sp³-hybridized carbons (Fsp3) is 0.0714. The fourth-order valence-corrected chi connectivity index (χ4v) is 1.89. The van der Waals surface area contributed by atoms with Crippen LogP contribution < -0.4 is 5.32 Å². The zero-order chi connectivity index (χ0) is 13.8. The van der Waals surface area contributed by atoms with E-state index in [9.17, 15) is 13.6 Å². The van der Waals surface area contributed by atoms with Crippen molar-refractivity contribution in [1.82, 2.24) is 5.32 Å². The number of hydrogen-bond acceptors (Lipinski definition) is 1. The summed E-state index contributed by atoms with van der Waals surface area (Å²) in [7, 11) is 0. The Bertz CT molecular complexity index is 599. The molecule has 0 saturated carbocycles. The van der Waals surface area contributed by atoms with Crippen molar-refractivity contribution in [3.05, 3.63) is 69.7 Å². The van der Waals surface area contributed by atoms with Crippen molar-refractivity contribution in [3.8, 4) is 0 Å². The van der Waals surface area contributed by atoms with E-state index in [0.717, 1.165) is 5.56 Å². The van der Waals surface area contributed by atoms with Crippen LogP contribution >= 0.6 is 15.9 Å². The van der Waals surface area contributed by atoms with Crippen molar-refractivity contribution < 1.29 is 13.6 Å². The van der Waals surface area contributed by atoms with E-state index in [-0.39, 0.29) is 17.9 Å². The number of nitrogens with one attached hydrogen (secondary N) is 1. The number of rotatable bonds is 3.